The van der Waals surface area contributed by atoms with Crippen LogP contribution in [-0.4, -0.2) is 62.7 Å². The van der Waals surface area contributed by atoms with Crippen molar-refractivity contribution in [1.82, 2.24) is 15.5 Å². The molecule has 0 saturated carbocycles. The van der Waals surface area contributed by atoms with Crippen LogP contribution in [0.25, 0.3) is 0 Å². The molecule has 1 aromatic carbocycles. The lowest BCUT2D eigenvalue weighted by Crippen LogP contribution is -2.46. The molecule has 1 heterocycles. The van der Waals surface area contributed by atoms with Crippen molar-refractivity contribution in [2.45, 2.75) is 39.7 Å². The van der Waals surface area contributed by atoms with Crippen LogP contribution in [0.1, 0.15) is 33.6 Å². The van der Waals surface area contributed by atoms with Crippen molar-refractivity contribution < 1.29 is 0 Å². The Bertz CT molecular complexity index is 498. The number of piperazine rings is 1. The number of nitrogens with one attached hydrogen (secondary N) is 2. The Morgan fingerprint density at radius 3 is 2.38 bits per heavy atom. The van der Waals surface area contributed by atoms with E-state index in [1.165, 1.54) is 18.7 Å². The Kier molecular flexibility index (Phi) is 11.7. The number of benzene rings is 1. The first-order valence-electron chi connectivity index (χ1n) is 9.76. The smallest absolute Gasteiger partial charge is 0.191 e. The number of aliphatic imine (C=N–C) groups is 1. The summed E-state index contributed by atoms with van der Waals surface area (Å²) in [4.78, 5) is 9.73. The van der Waals surface area contributed by atoms with Gasteiger partial charge >= 0.3 is 0 Å². The standard InChI is InChI=1S/C20H35N5.HI/c1-4-21-20(23-18(2)3)22-12-8-9-13-24-14-16-25(17-15-24)19-10-6-5-7-11-19;/h5-7,10-11,18H,4,8-9,12-17H2,1-3H3,(H2,21,22,23);1H. The van der Waals surface area contributed by atoms with E-state index in [4.69, 9.17) is 0 Å². The Morgan fingerprint density at radius 1 is 1.08 bits per heavy atom. The van der Waals surface area contributed by atoms with Crippen LogP contribution in [0.3, 0.4) is 0 Å². The first-order chi connectivity index (χ1) is 12.2. The highest BCUT2D eigenvalue weighted by Crippen LogP contribution is 2.15. The van der Waals surface area contributed by atoms with Crippen molar-refractivity contribution >= 4 is 35.6 Å². The molecule has 0 aromatic heterocycles. The molecular formula is C20H36IN5. The molecule has 6 heteroatoms. The van der Waals surface area contributed by atoms with Gasteiger partial charge in [-0.1, -0.05) is 18.2 Å². The molecule has 5 nitrogen and oxygen atoms in total. The second-order valence-electron chi connectivity index (χ2n) is 6.93. The van der Waals surface area contributed by atoms with Crippen molar-refractivity contribution in [3.8, 4) is 0 Å². The van der Waals surface area contributed by atoms with Gasteiger partial charge in [-0.15, -0.1) is 24.0 Å². The molecule has 0 spiro atoms. The van der Waals surface area contributed by atoms with E-state index in [9.17, 15) is 0 Å². The zero-order valence-electron chi connectivity index (χ0n) is 16.6. The van der Waals surface area contributed by atoms with Crippen molar-refractivity contribution in [3.05, 3.63) is 30.3 Å². The predicted molar refractivity (Wildman–Crippen MR) is 124 cm³/mol. The maximum absolute atomic E-state index is 4.66. The molecule has 1 aliphatic heterocycles. The molecule has 0 bridgehead atoms. The van der Waals surface area contributed by atoms with Crippen LogP contribution in [0.5, 0.6) is 0 Å². The monoisotopic (exact) mass is 473 g/mol. The van der Waals surface area contributed by atoms with E-state index in [0.29, 0.717) is 6.04 Å². The summed E-state index contributed by atoms with van der Waals surface area (Å²) < 4.78 is 0. The Morgan fingerprint density at radius 2 is 1.77 bits per heavy atom. The van der Waals surface area contributed by atoms with E-state index < -0.39 is 0 Å². The van der Waals surface area contributed by atoms with E-state index in [1.807, 2.05) is 0 Å². The summed E-state index contributed by atoms with van der Waals surface area (Å²) in [6, 6.07) is 11.2. The molecule has 1 aromatic rings. The van der Waals surface area contributed by atoms with Crippen LogP contribution in [-0.2, 0) is 0 Å². The molecule has 26 heavy (non-hydrogen) atoms. The number of hydrogen-bond donors (Lipinski definition) is 2. The molecule has 2 rings (SSSR count). The number of anilines is 1. The molecule has 1 aliphatic rings. The molecule has 2 N–H and O–H groups in total. The lowest BCUT2D eigenvalue weighted by Gasteiger charge is -2.36. The minimum absolute atomic E-state index is 0. The maximum Gasteiger partial charge on any atom is 0.191 e. The number of guanidine groups is 1. The highest BCUT2D eigenvalue weighted by molar-refractivity contribution is 14.0. The fourth-order valence-corrected chi connectivity index (χ4v) is 3.10. The second kappa shape index (κ2) is 13.2. The SMILES string of the molecule is CCNC(=NCCCCN1CCN(c2ccccc2)CC1)NC(C)C.I. The van der Waals surface area contributed by atoms with Gasteiger partial charge in [0.1, 0.15) is 0 Å². The number of unbranched alkanes of at least 4 members (excludes halogenated alkanes) is 1. The lowest BCUT2D eigenvalue weighted by molar-refractivity contribution is 0.253. The van der Waals surface area contributed by atoms with Crippen molar-refractivity contribution in [2.75, 3.05) is 50.7 Å². The molecule has 1 saturated heterocycles. The average Bonchev–Trinajstić information content (AvgIpc) is 2.62. The van der Waals surface area contributed by atoms with Crippen molar-refractivity contribution in [3.63, 3.8) is 0 Å². The second-order valence-corrected chi connectivity index (χ2v) is 6.93. The van der Waals surface area contributed by atoms with Gasteiger partial charge < -0.3 is 15.5 Å². The van der Waals surface area contributed by atoms with Gasteiger partial charge in [-0.2, -0.15) is 0 Å². The Hall–Kier alpha value is -1.02. The number of halogens is 1. The van der Waals surface area contributed by atoms with Crippen LogP contribution < -0.4 is 15.5 Å². The van der Waals surface area contributed by atoms with E-state index in [-0.39, 0.29) is 24.0 Å². The van der Waals surface area contributed by atoms with Gasteiger partial charge in [-0.3, -0.25) is 9.89 Å². The third kappa shape index (κ3) is 8.58. The topological polar surface area (TPSA) is 42.9 Å². The van der Waals surface area contributed by atoms with Crippen molar-refractivity contribution in [1.29, 1.82) is 0 Å². The van der Waals surface area contributed by atoms with E-state index in [1.54, 1.807) is 0 Å². The third-order valence-electron chi connectivity index (χ3n) is 4.42. The summed E-state index contributed by atoms with van der Waals surface area (Å²) in [6.45, 7) is 14.0. The summed E-state index contributed by atoms with van der Waals surface area (Å²) >= 11 is 0. The zero-order valence-corrected chi connectivity index (χ0v) is 18.9. The lowest BCUT2D eigenvalue weighted by atomic mass is 10.2. The van der Waals surface area contributed by atoms with Gasteiger partial charge in [0.2, 0.25) is 0 Å². The van der Waals surface area contributed by atoms with Gasteiger partial charge in [-0.25, -0.2) is 0 Å². The molecule has 1 fully saturated rings. The van der Waals surface area contributed by atoms with Gasteiger partial charge in [0.15, 0.2) is 5.96 Å². The Labute approximate surface area is 176 Å². The molecule has 0 unspecified atom stereocenters. The van der Waals surface area contributed by atoms with Gasteiger partial charge in [0, 0.05) is 51.0 Å². The zero-order chi connectivity index (χ0) is 17.9. The molecule has 0 atom stereocenters. The van der Waals surface area contributed by atoms with Crippen LogP contribution in [0, 0.1) is 0 Å². The van der Waals surface area contributed by atoms with Crippen LogP contribution in [0.2, 0.25) is 0 Å². The third-order valence-corrected chi connectivity index (χ3v) is 4.42. The molecular weight excluding hydrogens is 437 g/mol. The van der Waals surface area contributed by atoms with Gasteiger partial charge in [0.25, 0.3) is 0 Å². The first kappa shape index (κ1) is 23.0. The van der Waals surface area contributed by atoms with Crippen LogP contribution >= 0.6 is 24.0 Å². The summed E-state index contributed by atoms with van der Waals surface area (Å²) in [5, 5.41) is 6.66. The van der Waals surface area contributed by atoms with Gasteiger partial charge in [0.05, 0.1) is 0 Å². The normalized spacial score (nSPS) is 15.7. The molecule has 0 amide bonds. The molecule has 148 valence electrons. The molecule has 0 aliphatic carbocycles. The number of rotatable bonds is 8. The Balaban J connectivity index is 0.00000338. The molecule has 0 radical (unpaired) electrons. The summed E-state index contributed by atoms with van der Waals surface area (Å²) in [5.41, 5.74) is 1.35. The quantitative estimate of drug-likeness (QED) is 0.264. The average molecular weight is 473 g/mol. The minimum atomic E-state index is 0. The van der Waals surface area contributed by atoms with Gasteiger partial charge in [-0.05, 0) is 52.3 Å². The van der Waals surface area contributed by atoms with E-state index >= 15 is 0 Å². The van der Waals surface area contributed by atoms with Crippen molar-refractivity contribution in [2.24, 2.45) is 4.99 Å². The predicted octanol–water partition coefficient (Wildman–Crippen LogP) is 3.17. The fraction of sp³-hybridized carbons (Fsp3) is 0.650. The highest BCUT2D eigenvalue weighted by Gasteiger charge is 2.16. The minimum Gasteiger partial charge on any atom is -0.369 e. The van der Waals surface area contributed by atoms with Crippen LogP contribution in [0.15, 0.2) is 35.3 Å². The van der Waals surface area contributed by atoms with Crippen LogP contribution in [0.4, 0.5) is 5.69 Å². The summed E-state index contributed by atoms with van der Waals surface area (Å²) in [6.07, 6.45) is 2.36. The number of nitrogens with zero attached hydrogens (tertiary/aromatic N) is 3. The fourth-order valence-electron chi connectivity index (χ4n) is 3.10. The largest absolute Gasteiger partial charge is 0.369 e. The number of hydrogen-bond acceptors (Lipinski definition) is 3. The van der Waals surface area contributed by atoms with E-state index in [0.717, 1.165) is 51.6 Å². The highest BCUT2D eigenvalue weighted by atomic mass is 127. The first-order valence-corrected chi connectivity index (χ1v) is 9.76. The maximum atomic E-state index is 4.66. The van der Waals surface area contributed by atoms with E-state index in [2.05, 4.69) is 76.5 Å². The summed E-state index contributed by atoms with van der Waals surface area (Å²) in [5.74, 6) is 0.939. The number of para-hydroxylation sites is 1. The summed E-state index contributed by atoms with van der Waals surface area (Å²) in [7, 11) is 0.